The summed E-state index contributed by atoms with van der Waals surface area (Å²) in [5, 5.41) is 3.84. The molecule has 5 aromatic rings. The van der Waals surface area contributed by atoms with Gasteiger partial charge in [0.05, 0.1) is 0 Å². The number of nitrogens with one attached hydrogen (secondary N) is 1. The summed E-state index contributed by atoms with van der Waals surface area (Å²) in [4.78, 5) is 9.69. The van der Waals surface area contributed by atoms with E-state index in [1.54, 1.807) is 0 Å². The predicted molar refractivity (Wildman–Crippen MR) is 130 cm³/mol. The van der Waals surface area contributed by atoms with Crippen LogP contribution in [0.5, 0.6) is 0 Å². The number of amidine groups is 2. The van der Waals surface area contributed by atoms with Crippen LogP contribution in [0, 0.1) is 0 Å². The van der Waals surface area contributed by atoms with E-state index in [4.69, 9.17) is 19.6 Å². The van der Waals surface area contributed by atoms with Crippen LogP contribution in [0.25, 0.3) is 19.3 Å². The number of fused-ring (bicyclic) bond motifs is 3. The molecule has 4 aromatic carbocycles. The first-order valence-corrected chi connectivity index (χ1v) is 11.4. The summed E-state index contributed by atoms with van der Waals surface area (Å²) < 4.78 is 60.4. The van der Waals surface area contributed by atoms with Gasteiger partial charge in [-0.05, 0) is 0 Å². The first-order valence-electron chi connectivity index (χ1n) is 13.2. The fourth-order valence-electron chi connectivity index (χ4n) is 3.59. The van der Waals surface area contributed by atoms with Gasteiger partial charge >= 0.3 is 196 Å². The van der Waals surface area contributed by atoms with Gasteiger partial charge in [0.25, 0.3) is 0 Å². The van der Waals surface area contributed by atoms with Gasteiger partial charge in [-0.1, -0.05) is 0 Å². The second-order valence-electron chi connectivity index (χ2n) is 6.99. The van der Waals surface area contributed by atoms with Crippen molar-refractivity contribution in [2.75, 3.05) is 0 Å². The quantitative estimate of drug-likeness (QED) is 0.345. The van der Waals surface area contributed by atoms with Crippen LogP contribution in [0.3, 0.4) is 0 Å². The molecule has 0 fully saturated rings. The van der Waals surface area contributed by atoms with Crippen LogP contribution in [0.4, 0.5) is 0 Å². The average molecular weight is 471 g/mol. The molecular formula is C27H19N3Se. The van der Waals surface area contributed by atoms with E-state index in [1.807, 2.05) is 60.7 Å². The molecule has 31 heavy (non-hydrogen) atoms. The Bertz CT molecular complexity index is 1760. The molecule has 6 rings (SSSR count). The molecule has 0 saturated heterocycles. The minimum absolute atomic E-state index is 0.145. The molecule has 0 bridgehead atoms. The molecule has 1 aromatic heterocycles. The molecule has 3 nitrogen and oxygen atoms in total. The molecule has 0 aliphatic carbocycles. The van der Waals surface area contributed by atoms with Gasteiger partial charge < -0.3 is 0 Å². The van der Waals surface area contributed by atoms with E-state index in [9.17, 15) is 0 Å². The van der Waals surface area contributed by atoms with Crippen molar-refractivity contribution in [1.29, 1.82) is 0 Å². The first kappa shape index (κ1) is 12.4. The van der Waals surface area contributed by atoms with E-state index < -0.39 is 20.7 Å². The van der Waals surface area contributed by atoms with Gasteiger partial charge in [0.1, 0.15) is 0 Å². The molecule has 0 atom stereocenters. The minimum atomic E-state index is -0.905. The van der Waals surface area contributed by atoms with E-state index >= 15 is 0 Å². The molecule has 0 amide bonds. The van der Waals surface area contributed by atoms with Gasteiger partial charge in [0, 0.05) is 0 Å². The van der Waals surface area contributed by atoms with Crippen LogP contribution in [-0.2, 0) is 0 Å². The Morgan fingerprint density at radius 3 is 2.00 bits per heavy atom. The van der Waals surface area contributed by atoms with Crippen molar-refractivity contribution >= 4 is 45.5 Å². The van der Waals surface area contributed by atoms with Gasteiger partial charge in [-0.15, -0.1) is 0 Å². The standard InChI is InChI=1S/C27H19N3Se/c1-3-10-18(11-4-1)25-28-26(19-12-5-2-6-13-19)30-27(29-25)22-16-9-15-21-20-14-7-8-17-23(20)31-24(21)22/h1-17,27H,(H,28,29,30)/i7D,8D,9D,14D,15D,16D,17D. The maximum absolute atomic E-state index is 8.86. The van der Waals surface area contributed by atoms with Crippen molar-refractivity contribution in [3.8, 4) is 0 Å². The third-order valence-corrected chi connectivity index (χ3v) is 7.44. The normalized spacial score (nSPS) is 17.5. The van der Waals surface area contributed by atoms with Crippen LogP contribution < -0.4 is 5.32 Å². The summed E-state index contributed by atoms with van der Waals surface area (Å²) in [5.41, 5.74) is 2.00. The third kappa shape index (κ3) is 3.30. The Balaban J connectivity index is 1.69. The molecule has 0 spiro atoms. The summed E-state index contributed by atoms with van der Waals surface area (Å²) >= 11 is -0.634. The van der Waals surface area contributed by atoms with Crippen LogP contribution >= 0.6 is 0 Å². The molecule has 0 unspecified atom stereocenters. The molecular weight excluding hydrogens is 445 g/mol. The van der Waals surface area contributed by atoms with Crippen LogP contribution in [0.1, 0.15) is 32.5 Å². The molecule has 1 aliphatic heterocycles. The predicted octanol–water partition coefficient (Wildman–Crippen LogP) is 5.55. The number of rotatable bonds is 3. The molecule has 2 heterocycles. The fraction of sp³-hybridized carbons (Fsp3) is 0.0370. The van der Waals surface area contributed by atoms with E-state index in [2.05, 4.69) is 5.32 Å². The topological polar surface area (TPSA) is 36.8 Å². The Kier molecular flexibility index (Phi) is 3.07. The van der Waals surface area contributed by atoms with Crippen molar-refractivity contribution in [3.63, 3.8) is 0 Å². The van der Waals surface area contributed by atoms with E-state index in [-0.39, 0.29) is 53.1 Å². The van der Waals surface area contributed by atoms with Crippen LogP contribution in [-0.4, -0.2) is 26.2 Å². The van der Waals surface area contributed by atoms with Crippen molar-refractivity contribution in [2.24, 2.45) is 9.98 Å². The Labute approximate surface area is 196 Å². The Morgan fingerprint density at radius 1 is 0.710 bits per heavy atom. The summed E-state index contributed by atoms with van der Waals surface area (Å²) in [6, 6.07) is 17.3. The first-order chi connectivity index (χ1) is 18.3. The second kappa shape index (κ2) is 7.66. The summed E-state index contributed by atoms with van der Waals surface area (Å²) in [5.74, 6) is 1.10. The number of nitrogens with zero attached hydrogens (tertiary/aromatic N) is 2. The number of benzene rings is 4. The van der Waals surface area contributed by atoms with Gasteiger partial charge in [-0.25, -0.2) is 0 Å². The summed E-state index contributed by atoms with van der Waals surface area (Å²) in [6.45, 7) is 0. The molecule has 0 radical (unpaired) electrons. The van der Waals surface area contributed by atoms with E-state index in [1.165, 1.54) is 0 Å². The van der Waals surface area contributed by atoms with Gasteiger partial charge in [0.15, 0.2) is 0 Å². The second-order valence-corrected chi connectivity index (χ2v) is 9.13. The monoisotopic (exact) mass is 472 g/mol. The third-order valence-electron chi connectivity index (χ3n) is 5.06. The summed E-state index contributed by atoms with van der Waals surface area (Å²) in [6.07, 6.45) is -0.905. The Morgan fingerprint density at radius 2 is 1.32 bits per heavy atom. The van der Waals surface area contributed by atoms with E-state index in [0.29, 0.717) is 25.8 Å². The number of hydrogen-bond donors (Lipinski definition) is 1. The van der Waals surface area contributed by atoms with Gasteiger partial charge in [-0.3, -0.25) is 0 Å². The molecule has 0 saturated carbocycles. The van der Waals surface area contributed by atoms with Gasteiger partial charge in [0.2, 0.25) is 0 Å². The zero-order valence-electron chi connectivity index (χ0n) is 23.2. The van der Waals surface area contributed by atoms with Crippen LogP contribution in [0.2, 0.25) is 0 Å². The van der Waals surface area contributed by atoms with Crippen molar-refractivity contribution in [2.45, 2.75) is 6.17 Å². The number of hydrogen-bond acceptors (Lipinski definition) is 3. The molecule has 4 heteroatoms. The Hall–Kier alpha value is -3.46. The maximum atomic E-state index is 8.86. The van der Waals surface area contributed by atoms with Crippen LogP contribution in [0.15, 0.2) is 113 Å². The number of aliphatic imine (C=N–C) groups is 2. The molecule has 148 valence electrons. The zero-order chi connectivity index (χ0) is 26.7. The SMILES string of the molecule is [2H]c1c([2H])c([2H])c2c([se]c3c(C4N=C(c5ccccc5)NC(c5ccccc5)=N4)c([2H])c([2H])c([2H])c32)c1[2H]. The van der Waals surface area contributed by atoms with Crippen molar-refractivity contribution in [1.82, 2.24) is 5.32 Å². The van der Waals surface area contributed by atoms with Crippen molar-refractivity contribution < 1.29 is 9.60 Å². The van der Waals surface area contributed by atoms with Gasteiger partial charge in [-0.2, -0.15) is 0 Å². The molecule has 1 N–H and O–H groups in total. The molecule has 1 aliphatic rings. The van der Waals surface area contributed by atoms with E-state index in [0.717, 1.165) is 11.1 Å². The zero-order valence-corrected chi connectivity index (χ0v) is 17.9. The van der Waals surface area contributed by atoms with Crippen molar-refractivity contribution in [3.05, 3.63) is 120 Å². The summed E-state index contributed by atoms with van der Waals surface area (Å²) in [7, 11) is 0. The average Bonchev–Trinajstić information content (AvgIpc) is 3.35. The fourth-order valence-corrected chi connectivity index (χ4v) is 5.87.